The molecule has 0 aliphatic heterocycles. The molecule has 0 radical (unpaired) electrons. The Morgan fingerprint density at radius 3 is 2.71 bits per heavy atom. The van der Waals surface area contributed by atoms with Crippen LogP contribution in [0.2, 0.25) is 5.02 Å². The maximum atomic E-state index is 11.9. The summed E-state index contributed by atoms with van der Waals surface area (Å²) in [5.41, 5.74) is 0.682. The second kappa shape index (κ2) is 7.05. The Labute approximate surface area is 106 Å². The zero-order valence-electron chi connectivity index (χ0n) is 9.74. The first-order chi connectivity index (χ1) is 8.13. The molecule has 17 heavy (non-hydrogen) atoms. The van der Waals surface area contributed by atoms with Gasteiger partial charge >= 0.3 is 0 Å². The molecular formula is C13H15ClN2O. The molecule has 0 amide bonds. The van der Waals surface area contributed by atoms with Crippen LogP contribution in [0.25, 0.3) is 0 Å². The highest BCUT2D eigenvalue weighted by atomic mass is 35.5. The fourth-order valence-electron chi connectivity index (χ4n) is 1.52. The number of carbonyl (C=O) groups is 1. The monoisotopic (exact) mass is 250 g/mol. The molecule has 1 aromatic rings. The summed E-state index contributed by atoms with van der Waals surface area (Å²) in [6.07, 6.45) is 0.472. The van der Waals surface area contributed by atoms with Crippen molar-refractivity contribution in [2.45, 2.75) is 13.3 Å². The Bertz CT molecular complexity index is 408. The average molecular weight is 251 g/mol. The number of carbonyl (C=O) groups excluding carboxylic acids is 1. The van der Waals surface area contributed by atoms with Crippen molar-refractivity contribution in [3.8, 4) is 6.07 Å². The molecular weight excluding hydrogens is 236 g/mol. The minimum absolute atomic E-state index is 0.105. The van der Waals surface area contributed by atoms with E-state index in [0.29, 0.717) is 30.1 Å². The lowest BCUT2D eigenvalue weighted by Gasteiger charge is -2.10. The predicted octanol–water partition coefficient (Wildman–Crippen LogP) is 2.66. The van der Waals surface area contributed by atoms with Crippen LogP contribution in [0.5, 0.6) is 0 Å². The summed E-state index contributed by atoms with van der Waals surface area (Å²) in [5.74, 6) is 0.319. The smallest absolute Gasteiger partial charge is 0.163 e. The van der Waals surface area contributed by atoms with Gasteiger partial charge in [0.25, 0.3) is 0 Å². The number of benzene rings is 1. The van der Waals surface area contributed by atoms with Gasteiger partial charge in [0.2, 0.25) is 0 Å². The fraction of sp³-hybridized carbons (Fsp3) is 0.385. The van der Waals surface area contributed by atoms with E-state index in [0.717, 1.165) is 0 Å². The van der Waals surface area contributed by atoms with E-state index in [4.69, 9.17) is 16.9 Å². The second-order valence-electron chi connectivity index (χ2n) is 4.03. The molecule has 0 heterocycles. The Morgan fingerprint density at radius 1 is 1.47 bits per heavy atom. The van der Waals surface area contributed by atoms with Crippen LogP contribution in [-0.4, -0.2) is 18.9 Å². The van der Waals surface area contributed by atoms with Crippen molar-refractivity contribution in [1.82, 2.24) is 5.32 Å². The van der Waals surface area contributed by atoms with E-state index in [1.165, 1.54) is 0 Å². The summed E-state index contributed by atoms with van der Waals surface area (Å²) in [4.78, 5) is 11.9. The van der Waals surface area contributed by atoms with E-state index in [9.17, 15) is 4.79 Å². The third kappa shape index (κ3) is 4.99. The van der Waals surface area contributed by atoms with Gasteiger partial charge in [-0.2, -0.15) is 5.26 Å². The number of halogens is 1. The van der Waals surface area contributed by atoms with Crippen LogP contribution in [0, 0.1) is 17.2 Å². The first-order valence-corrected chi connectivity index (χ1v) is 5.87. The predicted molar refractivity (Wildman–Crippen MR) is 68.0 cm³/mol. The number of nitrogens with one attached hydrogen (secondary N) is 1. The van der Waals surface area contributed by atoms with Gasteiger partial charge in [0, 0.05) is 17.0 Å². The van der Waals surface area contributed by atoms with Crippen LogP contribution < -0.4 is 5.32 Å². The fourth-order valence-corrected chi connectivity index (χ4v) is 1.64. The zero-order chi connectivity index (χ0) is 12.7. The van der Waals surface area contributed by atoms with Crippen molar-refractivity contribution >= 4 is 17.4 Å². The van der Waals surface area contributed by atoms with E-state index in [2.05, 4.69) is 5.32 Å². The van der Waals surface area contributed by atoms with Crippen LogP contribution in [0.4, 0.5) is 0 Å². The topological polar surface area (TPSA) is 52.9 Å². The highest BCUT2D eigenvalue weighted by Crippen LogP contribution is 2.13. The number of rotatable bonds is 6. The lowest BCUT2D eigenvalue weighted by molar-refractivity contribution is 0.0964. The molecule has 0 fully saturated rings. The van der Waals surface area contributed by atoms with Crippen LogP contribution in [0.1, 0.15) is 23.7 Å². The molecule has 90 valence electrons. The van der Waals surface area contributed by atoms with E-state index in [-0.39, 0.29) is 11.7 Å². The highest BCUT2D eigenvalue weighted by Gasteiger charge is 2.10. The molecule has 1 N–H and O–H groups in total. The summed E-state index contributed by atoms with van der Waals surface area (Å²) in [6.45, 7) is 2.98. The Kier molecular flexibility index (Phi) is 5.68. The van der Waals surface area contributed by atoms with Crippen LogP contribution >= 0.6 is 11.6 Å². The second-order valence-corrected chi connectivity index (χ2v) is 4.46. The summed E-state index contributed by atoms with van der Waals surface area (Å²) >= 11 is 5.75. The summed E-state index contributed by atoms with van der Waals surface area (Å²) in [5, 5.41) is 12.0. The largest absolute Gasteiger partial charge is 0.304 e. The van der Waals surface area contributed by atoms with E-state index in [1.54, 1.807) is 24.3 Å². The standard InChI is InChI=1S/C13H15ClN2O/c1-10(9-16-7-6-15)8-13(17)11-2-4-12(14)5-3-11/h2-5,10,16H,7-9H2,1H3. The first kappa shape index (κ1) is 13.7. The number of ketones is 1. The molecule has 1 rings (SSSR count). The number of nitriles is 1. The molecule has 1 unspecified atom stereocenters. The van der Waals surface area contributed by atoms with Crippen LogP contribution in [-0.2, 0) is 0 Å². The maximum absolute atomic E-state index is 11.9. The van der Waals surface area contributed by atoms with Gasteiger partial charge in [-0.05, 0) is 36.7 Å². The molecule has 4 heteroatoms. The minimum Gasteiger partial charge on any atom is -0.304 e. The normalized spacial score (nSPS) is 11.8. The van der Waals surface area contributed by atoms with Gasteiger partial charge in [0.15, 0.2) is 5.78 Å². The number of hydrogen-bond acceptors (Lipinski definition) is 3. The Balaban J connectivity index is 2.43. The third-order valence-corrected chi connectivity index (χ3v) is 2.65. The number of nitrogens with zero attached hydrogens (tertiary/aromatic N) is 1. The van der Waals surface area contributed by atoms with E-state index in [1.807, 2.05) is 13.0 Å². The van der Waals surface area contributed by atoms with Gasteiger partial charge in [-0.25, -0.2) is 0 Å². The number of Topliss-reactive ketones (excluding diaryl/α,β-unsaturated/α-hetero) is 1. The SMILES string of the molecule is CC(CNCC#N)CC(=O)c1ccc(Cl)cc1. The van der Waals surface area contributed by atoms with Crippen molar-refractivity contribution in [3.05, 3.63) is 34.9 Å². The summed E-state index contributed by atoms with van der Waals surface area (Å²) in [6, 6.07) is 8.91. The lowest BCUT2D eigenvalue weighted by atomic mass is 10.00. The van der Waals surface area contributed by atoms with Gasteiger partial charge in [-0.3, -0.25) is 4.79 Å². The average Bonchev–Trinajstić information content (AvgIpc) is 2.30. The molecule has 1 aromatic carbocycles. The van der Waals surface area contributed by atoms with Crippen molar-refractivity contribution in [1.29, 1.82) is 5.26 Å². The Hall–Kier alpha value is -1.37. The van der Waals surface area contributed by atoms with Gasteiger partial charge in [-0.15, -0.1) is 0 Å². The molecule has 0 aromatic heterocycles. The summed E-state index contributed by atoms with van der Waals surface area (Å²) in [7, 11) is 0. The highest BCUT2D eigenvalue weighted by molar-refractivity contribution is 6.30. The molecule has 0 aliphatic rings. The van der Waals surface area contributed by atoms with Crippen molar-refractivity contribution in [2.75, 3.05) is 13.1 Å². The molecule has 1 atom stereocenters. The molecule has 0 saturated heterocycles. The molecule has 0 spiro atoms. The number of hydrogen-bond donors (Lipinski definition) is 1. The van der Waals surface area contributed by atoms with Gasteiger partial charge in [-0.1, -0.05) is 18.5 Å². The quantitative estimate of drug-likeness (QED) is 0.480. The van der Waals surface area contributed by atoms with Gasteiger partial charge < -0.3 is 5.32 Å². The minimum atomic E-state index is 0.105. The van der Waals surface area contributed by atoms with Crippen LogP contribution in [0.3, 0.4) is 0 Å². The third-order valence-electron chi connectivity index (χ3n) is 2.40. The Morgan fingerprint density at radius 2 is 2.12 bits per heavy atom. The van der Waals surface area contributed by atoms with Gasteiger partial charge in [0.05, 0.1) is 12.6 Å². The molecule has 0 saturated carbocycles. The van der Waals surface area contributed by atoms with Crippen LogP contribution in [0.15, 0.2) is 24.3 Å². The lowest BCUT2D eigenvalue weighted by Crippen LogP contribution is -2.23. The van der Waals surface area contributed by atoms with Crippen molar-refractivity contribution < 1.29 is 4.79 Å². The summed E-state index contributed by atoms with van der Waals surface area (Å²) < 4.78 is 0. The van der Waals surface area contributed by atoms with Gasteiger partial charge in [0.1, 0.15) is 0 Å². The molecule has 0 bridgehead atoms. The van der Waals surface area contributed by atoms with Crippen molar-refractivity contribution in [3.63, 3.8) is 0 Å². The maximum Gasteiger partial charge on any atom is 0.163 e. The molecule has 3 nitrogen and oxygen atoms in total. The van der Waals surface area contributed by atoms with Crippen molar-refractivity contribution in [2.24, 2.45) is 5.92 Å². The first-order valence-electron chi connectivity index (χ1n) is 5.50. The van der Waals surface area contributed by atoms with E-state index < -0.39 is 0 Å². The van der Waals surface area contributed by atoms with E-state index >= 15 is 0 Å². The zero-order valence-corrected chi connectivity index (χ0v) is 10.5. The molecule has 0 aliphatic carbocycles.